The van der Waals surface area contributed by atoms with Crippen LogP contribution in [0.4, 0.5) is 0 Å². The fourth-order valence-electron chi connectivity index (χ4n) is 1.71. The Morgan fingerprint density at radius 3 is 2.74 bits per heavy atom. The van der Waals surface area contributed by atoms with Gasteiger partial charge in [0, 0.05) is 0 Å². The van der Waals surface area contributed by atoms with Gasteiger partial charge in [0.25, 0.3) is 0 Å². The second kappa shape index (κ2) is 6.78. The van der Waals surface area contributed by atoms with Gasteiger partial charge in [-0.3, -0.25) is 4.79 Å². The van der Waals surface area contributed by atoms with E-state index < -0.39 is 23.5 Å². The van der Waals surface area contributed by atoms with Crippen LogP contribution in [-0.4, -0.2) is 29.3 Å². The van der Waals surface area contributed by atoms with Crippen LogP contribution in [0.15, 0.2) is 36.6 Å². The molecular formula is C14H18O5. The van der Waals surface area contributed by atoms with Gasteiger partial charge in [-0.05, 0) is 19.4 Å². The molecule has 1 N–H and O–H groups in total. The lowest BCUT2D eigenvalue weighted by molar-refractivity contribution is -0.168. The second-order valence-corrected chi connectivity index (χ2v) is 4.07. The molecular weight excluding hydrogens is 248 g/mol. The van der Waals surface area contributed by atoms with Gasteiger partial charge < -0.3 is 14.6 Å². The zero-order valence-electron chi connectivity index (χ0n) is 11.0. The molecule has 0 spiro atoms. The van der Waals surface area contributed by atoms with Crippen LogP contribution in [0.25, 0.3) is 0 Å². The summed E-state index contributed by atoms with van der Waals surface area (Å²) < 4.78 is 10.3. The minimum atomic E-state index is -1.74. The van der Waals surface area contributed by atoms with E-state index in [0.29, 0.717) is 6.42 Å². The molecule has 104 valence electrons. The summed E-state index contributed by atoms with van der Waals surface area (Å²) in [5, 5.41) is 9.41. The first-order valence-electron chi connectivity index (χ1n) is 6.13. The van der Waals surface area contributed by atoms with Crippen LogP contribution in [-0.2, 0) is 19.1 Å². The third kappa shape index (κ3) is 3.24. The van der Waals surface area contributed by atoms with Crippen LogP contribution in [0.5, 0.6) is 0 Å². The molecule has 0 saturated heterocycles. The van der Waals surface area contributed by atoms with Gasteiger partial charge in [0.1, 0.15) is 5.92 Å². The Bertz CT molecular complexity index is 422. The van der Waals surface area contributed by atoms with Gasteiger partial charge in [-0.1, -0.05) is 31.2 Å². The summed E-state index contributed by atoms with van der Waals surface area (Å²) in [6.07, 6.45) is 9.49. The van der Waals surface area contributed by atoms with Gasteiger partial charge in [-0.2, -0.15) is 0 Å². The highest BCUT2D eigenvalue weighted by molar-refractivity contribution is 5.90. The highest BCUT2D eigenvalue weighted by Gasteiger charge is 2.50. The maximum absolute atomic E-state index is 12.0. The maximum Gasteiger partial charge on any atom is 0.353 e. The van der Waals surface area contributed by atoms with Crippen molar-refractivity contribution < 1.29 is 24.2 Å². The normalized spacial score (nSPS) is 25.5. The quantitative estimate of drug-likeness (QED) is 0.588. The van der Waals surface area contributed by atoms with E-state index in [4.69, 9.17) is 9.47 Å². The van der Waals surface area contributed by atoms with Crippen LogP contribution in [0, 0.1) is 5.92 Å². The van der Waals surface area contributed by atoms with Crippen molar-refractivity contribution in [2.24, 2.45) is 5.92 Å². The summed E-state index contributed by atoms with van der Waals surface area (Å²) in [5.74, 6) is -2.84. The van der Waals surface area contributed by atoms with Crippen molar-refractivity contribution in [1.82, 2.24) is 0 Å². The lowest BCUT2D eigenvalue weighted by Gasteiger charge is -2.32. The average Bonchev–Trinajstić information content (AvgIpc) is 2.42. The standard InChI is InChI=1S/C14H18O5/c1-3-9-18-12(15)11-7-5-6-8-14(11,13(16)17)19-10-4-2/h4-8,10-11H,3,9H2,1-2H3,(H,16,17). The summed E-state index contributed by atoms with van der Waals surface area (Å²) in [5.41, 5.74) is -1.74. The van der Waals surface area contributed by atoms with Gasteiger partial charge >= 0.3 is 11.9 Å². The largest absolute Gasteiger partial charge is 0.478 e. The number of carbonyl (C=O) groups excluding carboxylic acids is 1. The number of aliphatic carboxylic acids is 1. The number of rotatable bonds is 6. The monoisotopic (exact) mass is 266 g/mol. The van der Waals surface area contributed by atoms with Crippen molar-refractivity contribution in [3.8, 4) is 0 Å². The number of hydrogen-bond acceptors (Lipinski definition) is 4. The Balaban J connectivity index is 3.03. The molecule has 5 nitrogen and oxygen atoms in total. The first-order chi connectivity index (χ1) is 9.08. The Morgan fingerprint density at radius 2 is 2.16 bits per heavy atom. The lowest BCUT2D eigenvalue weighted by Crippen LogP contribution is -2.49. The maximum atomic E-state index is 12.0. The molecule has 0 saturated carbocycles. The smallest absolute Gasteiger partial charge is 0.353 e. The molecule has 0 heterocycles. The molecule has 1 aliphatic rings. The number of allylic oxidation sites excluding steroid dienone is 3. The minimum absolute atomic E-state index is 0.256. The van der Waals surface area contributed by atoms with E-state index in [2.05, 4.69) is 0 Å². The van der Waals surface area contributed by atoms with Crippen molar-refractivity contribution in [3.05, 3.63) is 36.6 Å². The van der Waals surface area contributed by atoms with E-state index in [1.54, 1.807) is 25.2 Å². The summed E-state index contributed by atoms with van der Waals surface area (Å²) >= 11 is 0. The van der Waals surface area contributed by atoms with E-state index in [1.807, 2.05) is 6.92 Å². The molecule has 0 aromatic rings. The number of carboxylic acids is 1. The number of carboxylic acid groups (broad SMARTS) is 1. The number of esters is 1. The lowest BCUT2D eigenvalue weighted by atomic mass is 9.83. The molecule has 1 rings (SSSR count). The predicted octanol–water partition coefficient (Wildman–Crippen LogP) is 2.06. The van der Waals surface area contributed by atoms with Crippen LogP contribution < -0.4 is 0 Å². The molecule has 0 fully saturated rings. The van der Waals surface area contributed by atoms with Gasteiger partial charge in [-0.15, -0.1) is 0 Å². The Morgan fingerprint density at radius 1 is 1.42 bits per heavy atom. The Labute approximate surface area is 112 Å². The third-order valence-corrected chi connectivity index (χ3v) is 2.66. The summed E-state index contributed by atoms with van der Waals surface area (Å²) in [4.78, 5) is 23.5. The summed E-state index contributed by atoms with van der Waals surface area (Å²) in [6.45, 7) is 3.82. The van der Waals surface area contributed by atoms with Crippen LogP contribution >= 0.6 is 0 Å². The molecule has 1 aliphatic carbocycles. The molecule has 0 bridgehead atoms. The van der Waals surface area contributed by atoms with E-state index in [0.717, 1.165) is 0 Å². The predicted molar refractivity (Wildman–Crippen MR) is 69.3 cm³/mol. The number of hydrogen-bond donors (Lipinski definition) is 1. The number of ether oxygens (including phenoxy) is 2. The van der Waals surface area contributed by atoms with Crippen LogP contribution in [0.3, 0.4) is 0 Å². The fraction of sp³-hybridized carbons (Fsp3) is 0.429. The van der Waals surface area contributed by atoms with Crippen molar-refractivity contribution in [2.45, 2.75) is 25.9 Å². The number of carbonyl (C=O) groups is 2. The summed E-state index contributed by atoms with van der Waals surface area (Å²) in [6, 6.07) is 0. The van der Waals surface area contributed by atoms with E-state index in [-0.39, 0.29) is 6.61 Å². The van der Waals surface area contributed by atoms with Crippen molar-refractivity contribution in [2.75, 3.05) is 6.61 Å². The fourth-order valence-corrected chi connectivity index (χ4v) is 1.71. The summed E-state index contributed by atoms with van der Waals surface area (Å²) in [7, 11) is 0. The molecule has 19 heavy (non-hydrogen) atoms. The van der Waals surface area contributed by atoms with Crippen LogP contribution in [0.2, 0.25) is 0 Å². The van der Waals surface area contributed by atoms with Crippen molar-refractivity contribution in [3.63, 3.8) is 0 Å². The van der Waals surface area contributed by atoms with Gasteiger partial charge in [0.15, 0.2) is 0 Å². The van der Waals surface area contributed by atoms with Crippen molar-refractivity contribution in [1.29, 1.82) is 0 Å². The molecule has 0 amide bonds. The molecule has 0 aliphatic heterocycles. The third-order valence-electron chi connectivity index (χ3n) is 2.66. The van der Waals surface area contributed by atoms with Crippen molar-refractivity contribution >= 4 is 11.9 Å². The topological polar surface area (TPSA) is 72.8 Å². The zero-order chi connectivity index (χ0) is 14.3. The molecule has 0 aromatic carbocycles. The first kappa shape index (κ1) is 15.0. The van der Waals surface area contributed by atoms with Gasteiger partial charge in [0.2, 0.25) is 5.60 Å². The van der Waals surface area contributed by atoms with Gasteiger partial charge in [0.05, 0.1) is 12.9 Å². The second-order valence-electron chi connectivity index (χ2n) is 4.07. The molecule has 0 aromatic heterocycles. The Kier molecular flexibility index (Phi) is 5.36. The molecule has 2 atom stereocenters. The Hall–Kier alpha value is -2.04. The highest BCUT2D eigenvalue weighted by atomic mass is 16.5. The molecule has 2 unspecified atom stereocenters. The molecule has 0 radical (unpaired) electrons. The van der Waals surface area contributed by atoms with Crippen LogP contribution in [0.1, 0.15) is 20.3 Å². The SMILES string of the molecule is CC=COC1(C(=O)O)C=CC=CC1C(=O)OCCC. The van der Waals surface area contributed by atoms with E-state index >= 15 is 0 Å². The van der Waals surface area contributed by atoms with E-state index in [9.17, 15) is 14.7 Å². The zero-order valence-corrected chi connectivity index (χ0v) is 11.0. The minimum Gasteiger partial charge on any atom is -0.478 e. The first-order valence-corrected chi connectivity index (χ1v) is 6.13. The molecule has 5 heteroatoms. The van der Waals surface area contributed by atoms with Gasteiger partial charge in [-0.25, -0.2) is 4.79 Å². The highest BCUT2D eigenvalue weighted by Crippen LogP contribution is 2.30. The average molecular weight is 266 g/mol. The van der Waals surface area contributed by atoms with E-state index in [1.165, 1.54) is 18.4 Å².